The van der Waals surface area contributed by atoms with E-state index in [1.165, 1.54) is 34.8 Å². The molecule has 0 radical (unpaired) electrons. The van der Waals surface area contributed by atoms with Gasteiger partial charge in [0, 0.05) is 18.1 Å². The normalized spacial score (nSPS) is 13.8. The Balaban J connectivity index is 1.43. The molecule has 4 aromatic rings. The molecule has 0 atom stereocenters. The molecular weight excluding hydrogens is 372 g/mol. The van der Waals surface area contributed by atoms with E-state index in [2.05, 4.69) is 22.3 Å². The molecule has 1 aliphatic carbocycles. The molecule has 0 N–H and O–H groups in total. The van der Waals surface area contributed by atoms with Crippen molar-refractivity contribution in [3.8, 4) is 11.6 Å². The van der Waals surface area contributed by atoms with Crippen molar-refractivity contribution >= 4 is 28.6 Å². The highest BCUT2D eigenvalue weighted by Gasteiger charge is 2.23. The van der Waals surface area contributed by atoms with Crippen molar-refractivity contribution in [3.63, 3.8) is 0 Å². The molecule has 28 heavy (non-hydrogen) atoms. The van der Waals surface area contributed by atoms with Gasteiger partial charge in [-0.25, -0.2) is 0 Å². The highest BCUT2D eigenvalue weighted by Crippen LogP contribution is 2.32. The lowest BCUT2D eigenvalue weighted by molar-refractivity contribution is 0.0943. The Morgan fingerprint density at radius 2 is 2.00 bits per heavy atom. The fraction of sp³-hybridized carbons (Fsp3) is 0.286. The second-order valence-electron chi connectivity index (χ2n) is 7.01. The summed E-state index contributed by atoms with van der Waals surface area (Å²) in [5, 5.41) is 10.3. The summed E-state index contributed by atoms with van der Waals surface area (Å²) in [5.41, 5.74) is 3.56. The van der Waals surface area contributed by atoms with E-state index in [1.807, 2.05) is 40.4 Å². The monoisotopic (exact) mass is 392 g/mol. The predicted molar refractivity (Wildman–Crippen MR) is 109 cm³/mol. The number of thioether (sulfide) groups is 1. The lowest BCUT2D eigenvalue weighted by Crippen LogP contribution is -2.18. The molecule has 3 heterocycles. The fourth-order valence-electron chi connectivity index (χ4n) is 4.03. The van der Waals surface area contributed by atoms with Gasteiger partial charge in [-0.15, -0.1) is 10.2 Å². The molecule has 6 nitrogen and oxygen atoms in total. The number of aromatic nitrogens is 4. The molecule has 1 aliphatic rings. The van der Waals surface area contributed by atoms with Crippen molar-refractivity contribution < 1.29 is 9.21 Å². The minimum atomic E-state index is 0.0897. The topological polar surface area (TPSA) is 65.8 Å². The molecule has 0 saturated heterocycles. The maximum Gasteiger partial charge on any atom is 0.241 e. The second-order valence-corrected chi connectivity index (χ2v) is 7.95. The Hall–Kier alpha value is -2.80. The van der Waals surface area contributed by atoms with Gasteiger partial charge in [-0.1, -0.05) is 30.0 Å². The second kappa shape index (κ2) is 6.98. The van der Waals surface area contributed by atoms with Crippen LogP contribution in [-0.4, -0.2) is 31.0 Å². The first-order valence-corrected chi connectivity index (χ1v) is 10.4. The van der Waals surface area contributed by atoms with Gasteiger partial charge in [0.2, 0.25) is 5.91 Å². The zero-order valence-corrected chi connectivity index (χ0v) is 16.4. The van der Waals surface area contributed by atoms with Crippen molar-refractivity contribution in [1.82, 2.24) is 19.3 Å². The van der Waals surface area contributed by atoms with E-state index >= 15 is 0 Å². The molecule has 0 spiro atoms. The van der Waals surface area contributed by atoms with Gasteiger partial charge in [0.1, 0.15) is 0 Å². The van der Waals surface area contributed by atoms with E-state index in [1.54, 1.807) is 6.26 Å². The van der Waals surface area contributed by atoms with Crippen LogP contribution in [0, 0.1) is 0 Å². The lowest BCUT2D eigenvalue weighted by atomic mass is 9.96. The summed E-state index contributed by atoms with van der Waals surface area (Å²) in [5.74, 6) is 1.73. The van der Waals surface area contributed by atoms with Crippen molar-refractivity contribution in [2.75, 3.05) is 5.75 Å². The fourth-order valence-corrected chi connectivity index (χ4v) is 4.79. The van der Waals surface area contributed by atoms with Crippen LogP contribution in [0.15, 0.2) is 52.2 Å². The van der Waals surface area contributed by atoms with Crippen LogP contribution in [0.25, 0.3) is 22.5 Å². The molecule has 0 aliphatic heterocycles. The van der Waals surface area contributed by atoms with Gasteiger partial charge >= 0.3 is 0 Å². The quantitative estimate of drug-likeness (QED) is 0.483. The van der Waals surface area contributed by atoms with Crippen LogP contribution in [-0.2, 0) is 19.9 Å². The van der Waals surface area contributed by atoms with E-state index in [0.29, 0.717) is 22.5 Å². The van der Waals surface area contributed by atoms with Gasteiger partial charge in [0.05, 0.1) is 17.5 Å². The molecule has 0 amide bonds. The average molecular weight is 392 g/mol. The van der Waals surface area contributed by atoms with E-state index in [9.17, 15) is 4.79 Å². The van der Waals surface area contributed by atoms with Crippen LogP contribution in [0.3, 0.4) is 0 Å². The first-order chi connectivity index (χ1) is 13.7. The van der Waals surface area contributed by atoms with Crippen LogP contribution in [0.4, 0.5) is 0 Å². The number of nitrogens with zero attached hydrogens (tertiary/aromatic N) is 4. The van der Waals surface area contributed by atoms with Crippen molar-refractivity contribution in [2.24, 2.45) is 7.05 Å². The van der Waals surface area contributed by atoms with Crippen molar-refractivity contribution in [2.45, 2.75) is 30.8 Å². The lowest BCUT2D eigenvalue weighted by Gasteiger charge is -2.15. The van der Waals surface area contributed by atoms with Crippen LogP contribution in [0.2, 0.25) is 0 Å². The van der Waals surface area contributed by atoms with E-state index in [0.717, 1.165) is 24.8 Å². The zero-order chi connectivity index (χ0) is 19.1. The third-order valence-corrected chi connectivity index (χ3v) is 6.33. The highest BCUT2D eigenvalue weighted by molar-refractivity contribution is 7.99. The zero-order valence-electron chi connectivity index (χ0n) is 15.6. The predicted octanol–water partition coefficient (Wildman–Crippen LogP) is 4.34. The van der Waals surface area contributed by atoms with Gasteiger partial charge < -0.3 is 8.98 Å². The van der Waals surface area contributed by atoms with Crippen LogP contribution < -0.4 is 0 Å². The number of rotatable bonds is 4. The minimum Gasteiger partial charge on any atom is -0.461 e. The highest BCUT2D eigenvalue weighted by atomic mass is 32.2. The van der Waals surface area contributed by atoms with E-state index < -0.39 is 0 Å². The first-order valence-electron chi connectivity index (χ1n) is 9.44. The minimum absolute atomic E-state index is 0.0897. The average Bonchev–Trinajstić information content (AvgIpc) is 3.44. The maximum absolute atomic E-state index is 13.2. The number of aryl methyl sites for hydroxylation is 1. The molecule has 5 rings (SSSR count). The number of para-hydroxylation sites is 1. The van der Waals surface area contributed by atoms with E-state index in [-0.39, 0.29) is 5.91 Å². The van der Waals surface area contributed by atoms with Crippen molar-refractivity contribution in [1.29, 1.82) is 0 Å². The number of hydrogen-bond acceptors (Lipinski definition) is 5. The summed E-state index contributed by atoms with van der Waals surface area (Å²) >= 11 is 1.41. The molecule has 0 fully saturated rings. The Labute approximate surface area is 166 Å². The summed E-state index contributed by atoms with van der Waals surface area (Å²) < 4.78 is 9.20. The number of carbonyl (C=O) groups is 1. The summed E-state index contributed by atoms with van der Waals surface area (Å²) in [6, 6.07) is 11.9. The van der Waals surface area contributed by atoms with E-state index in [4.69, 9.17) is 4.42 Å². The molecule has 142 valence electrons. The molecule has 0 bridgehead atoms. The Bertz CT molecular complexity index is 1160. The van der Waals surface area contributed by atoms with Crippen molar-refractivity contribution in [3.05, 3.63) is 53.9 Å². The van der Waals surface area contributed by atoms with Gasteiger partial charge in [-0.3, -0.25) is 9.36 Å². The number of benzene rings is 1. The number of fused-ring (bicyclic) bond motifs is 3. The number of carbonyl (C=O) groups excluding carboxylic acids is 1. The van der Waals surface area contributed by atoms with Gasteiger partial charge in [-0.05, 0) is 49.4 Å². The van der Waals surface area contributed by atoms with Gasteiger partial charge in [-0.2, -0.15) is 0 Å². The summed E-state index contributed by atoms with van der Waals surface area (Å²) in [7, 11) is 1.89. The standard InChI is InChI=1S/C21H20N4O2S/c1-24-20(18-11-6-12-27-18)22-23-21(24)28-13-19(26)25-16-9-4-2-7-14(16)15-8-3-5-10-17(15)25/h2,4,6-7,9,11-12H,3,5,8,10,13H2,1H3. The van der Waals surface area contributed by atoms with Crippen LogP contribution in [0.1, 0.15) is 28.9 Å². The third kappa shape index (κ3) is 2.77. The molecule has 1 aromatic carbocycles. The molecule has 7 heteroatoms. The summed E-state index contributed by atoms with van der Waals surface area (Å²) in [4.78, 5) is 13.2. The molecular formula is C21H20N4O2S. The SMILES string of the molecule is Cn1c(SCC(=O)n2c3c(c4ccccc42)CCCC3)nnc1-c1ccco1. The number of hydrogen-bond donors (Lipinski definition) is 0. The Morgan fingerprint density at radius 1 is 1.14 bits per heavy atom. The molecule has 0 saturated carbocycles. The molecule has 0 unspecified atom stereocenters. The van der Waals surface area contributed by atoms with Gasteiger partial charge in [0.15, 0.2) is 16.7 Å². The Morgan fingerprint density at radius 3 is 2.86 bits per heavy atom. The summed E-state index contributed by atoms with van der Waals surface area (Å²) in [6.45, 7) is 0. The molecule has 3 aromatic heterocycles. The smallest absolute Gasteiger partial charge is 0.241 e. The first kappa shape index (κ1) is 17.3. The third-order valence-electron chi connectivity index (χ3n) is 5.33. The largest absolute Gasteiger partial charge is 0.461 e. The maximum atomic E-state index is 13.2. The van der Waals surface area contributed by atoms with Crippen LogP contribution in [0.5, 0.6) is 0 Å². The van der Waals surface area contributed by atoms with Gasteiger partial charge in [0.25, 0.3) is 0 Å². The van der Waals surface area contributed by atoms with Crippen LogP contribution >= 0.6 is 11.8 Å². The summed E-state index contributed by atoms with van der Waals surface area (Å²) in [6.07, 6.45) is 5.96. The Kier molecular flexibility index (Phi) is 4.31. The number of furan rings is 1.